The summed E-state index contributed by atoms with van der Waals surface area (Å²) in [6.07, 6.45) is 2.64. The van der Waals surface area contributed by atoms with Crippen LogP contribution < -0.4 is 14.8 Å². The number of rotatable bonds is 9. The fourth-order valence-corrected chi connectivity index (χ4v) is 3.05. The maximum Gasteiger partial charge on any atom is 0.267 e. The average molecular weight is 409 g/mol. The maximum absolute atomic E-state index is 12.3. The van der Waals surface area contributed by atoms with Crippen LogP contribution in [-0.4, -0.2) is 30.2 Å². The Labute approximate surface area is 157 Å². The number of nitrogens with one attached hydrogen (secondary N) is 1. The zero-order valence-corrected chi connectivity index (χ0v) is 16.6. The Morgan fingerprint density at radius 3 is 2.52 bits per heavy atom. The average Bonchev–Trinajstić information content (AvgIpc) is 2.98. The van der Waals surface area contributed by atoms with Gasteiger partial charge in [0.05, 0.1) is 13.2 Å². The van der Waals surface area contributed by atoms with Crippen LogP contribution in [-0.2, 0) is 13.0 Å². The number of carbonyl (C=O) groups excluding carboxylic acids is 1. The van der Waals surface area contributed by atoms with E-state index in [1.165, 1.54) is 0 Å². The highest BCUT2D eigenvalue weighted by atomic mass is 79.9. The molecular formula is C19H25BrN2O3. The highest BCUT2D eigenvalue weighted by molar-refractivity contribution is 9.10. The summed E-state index contributed by atoms with van der Waals surface area (Å²) < 4.78 is 14.0. The van der Waals surface area contributed by atoms with Gasteiger partial charge < -0.3 is 19.4 Å². The Kier molecular flexibility index (Phi) is 7.37. The second kappa shape index (κ2) is 9.51. The van der Waals surface area contributed by atoms with Crippen LogP contribution in [0.4, 0.5) is 0 Å². The molecule has 0 spiro atoms. The van der Waals surface area contributed by atoms with E-state index in [4.69, 9.17) is 9.47 Å². The molecule has 0 unspecified atom stereocenters. The fraction of sp³-hybridized carbons (Fsp3) is 0.421. The van der Waals surface area contributed by atoms with Crippen molar-refractivity contribution in [1.29, 1.82) is 0 Å². The van der Waals surface area contributed by atoms with E-state index in [2.05, 4.69) is 21.2 Å². The number of halogens is 1. The standard InChI is InChI=1S/C19H25BrN2O3/c1-4-22-13-15(20)12-16(22)19(23)21-10-9-14-7-8-17(24-5-2)18(11-14)25-6-3/h7-8,11-13H,4-6,9-10H2,1-3H3,(H,21,23). The van der Waals surface area contributed by atoms with Gasteiger partial charge in [-0.15, -0.1) is 0 Å². The molecule has 1 aromatic carbocycles. The Bertz CT molecular complexity index is 713. The number of aromatic nitrogens is 1. The molecule has 1 N–H and O–H groups in total. The third-order valence-corrected chi connectivity index (χ3v) is 4.18. The third kappa shape index (κ3) is 5.26. The van der Waals surface area contributed by atoms with Gasteiger partial charge in [-0.3, -0.25) is 4.79 Å². The quantitative estimate of drug-likeness (QED) is 0.680. The molecule has 0 fully saturated rings. The lowest BCUT2D eigenvalue weighted by molar-refractivity contribution is 0.0945. The number of hydrogen-bond acceptors (Lipinski definition) is 3. The molecule has 25 heavy (non-hydrogen) atoms. The summed E-state index contributed by atoms with van der Waals surface area (Å²) in [6, 6.07) is 7.74. The van der Waals surface area contributed by atoms with Gasteiger partial charge in [0.15, 0.2) is 11.5 Å². The minimum Gasteiger partial charge on any atom is -0.490 e. The molecular weight excluding hydrogens is 384 g/mol. The molecule has 1 aromatic heterocycles. The molecule has 0 aliphatic carbocycles. The van der Waals surface area contributed by atoms with Crippen LogP contribution in [0.5, 0.6) is 11.5 Å². The lowest BCUT2D eigenvalue weighted by atomic mass is 10.1. The van der Waals surface area contributed by atoms with Gasteiger partial charge in [-0.25, -0.2) is 0 Å². The normalized spacial score (nSPS) is 10.6. The molecule has 5 nitrogen and oxygen atoms in total. The Hall–Kier alpha value is -1.95. The summed E-state index contributed by atoms with van der Waals surface area (Å²) >= 11 is 3.41. The van der Waals surface area contributed by atoms with Gasteiger partial charge in [0.2, 0.25) is 0 Å². The topological polar surface area (TPSA) is 52.5 Å². The maximum atomic E-state index is 12.3. The number of benzene rings is 1. The number of aryl methyl sites for hydroxylation is 1. The monoisotopic (exact) mass is 408 g/mol. The van der Waals surface area contributed by atoms with E-state index >= 15 is 0 Å². The van der Waals surface area contributed by atoms with Crippen LogP contribution in [0.1, 0.15) is 36.8 Å². The first kappa shape index (κ1) is 19.4. The van der Waals surface area contributed by atoms with Crippen molar-refractivity contribution < 1.29 is 14.3 Å². The van der Waals surface area contributed by atoms with Crippen molar-refractivity contribution in [3.63, 3.8) is 0 Å². The van der Waals surface area contributed by atoms with Crippen LogP contribution in [0.15, 0.2) is 34.9 Å². The Balaban J connectivity index is 1.96. The van der Waals surface area contributed by atoms with Crippen molar-refractivity contribution >= 4 is 21.8 Å². The second-order valence-electron chi connectivity index (χ2n) is 5.48. The second-order valence-corrected chi connectivity index (χ2v) is 6.40. The molecule has 0 aliphatic heterocycles. The molecule has 0 saturated carbocycles. The molecule has 0 atom stereocenters. The molecule has 1 amide bonds. The van der Waals surface area contributed by atoms with Crippen LogP contribution in [0, 0.1) is 0 Å². The van der Waals surface area contributed by atoms with Crippen LogP contribution in [0.2, 0.25) is 0 Å². The van der Waals surface area contributed by atoms with E-state index in [1.807, 2.05) is 55.8 Å². The number of carbonyl (C=O) groups is 1. The largest absolute Gasteiger partial charge is 0.490 e. The molecule has 1 heterocycles. The number of ether oxygens (including phenoxy) is 2. The number of amides is 1. The Morgan fingerprint density at radius 2 is 1.84 bits per heavy atom. The van der Waals surface area contributed by atoms with Crippen LogP contribution in [0.25, 0.3) is 0 Å². The van der Waals surface area contributed by atoms with Gasteiger partial charge in [-0.1, -0.05) is 6.07 Å². The van der Waals surface area contributed by atoms with Crippen molar-refractivity contribution in [1.82, 2.24) is 9.88 Å². The SMILES string of the molecule is CCOc1ccc(CCNC(=O)c2cc(Br)cn2CC)cc1OCC. The molecule has 136 valence electrons. The summed E-state index contributed by atoms with van der Waals surface area (Å²) in [4.78, 5) is 12.3. The van der Waals surface area contributed by atoms with E-state index in [0.717, 1.165) is 34.5 Å². The van der Waals surface area contributed by atoms with Gasteiger partial charge in [0.1, 0.15) is 5.69 Å². The van der Waals surface area contributed by atoms with Crippen molar-refractivity contribution in [2.45, 2.75) is 33.7 Å². The smallest absolute Gasteiger partial charge is 0.267 e. The van der Waals surface area contributed by atoms with Crippen LogP contribution in [0.3, 0.4) is 0 Å². The van der Waals surface area contributed by atoms with Crippen molar-refractivity contribution in [3.8, 4) is 11.5 Å². The minimum absolute atomic E-state index is 0.0662. The molecule has 6 heteroatoms. The van der Waals surface area contributed by atoms with Gasteiger partial charge >= 0.3 is 0 Å². The zero-order chi connectivity index (χ0) is 18.2. The molecule has 2 rings (SSSR count). The van der Waals surface area contributed by atoms with Gasteiger partial charge in [-0.05, 0) is 66.9 Å². The zero-order valence-electron chi connectivity index (χ0n) is 15.0. The molecule has 2 aromatic rings. The fourth-order valence-electron chi connectivity index (χ4n) is 2.59. The molecule has 0 bridgehead atoms. The first-order chi connectivity index (χ1) is 12.1. The number of hydrogen-bond donors (Lipinski definition) is 1. The van der Waals surface area contributed by atoms with Crippen molar-refractivity contribution in [3.05, 3.63) is 46.2 Å². The third-order valence-electron chi connectivity index (χ3n) is 3.74. The molecule has 0 aliphatic rings. The van der Waals surface area contributed by atoms with Crippen molar-refractivity contribution in [2.75, 3.05) is 19.8 Å². The van der Waals surface area contributed by atoms with E-state index < -0.39 is 0 Å². The lowest BCUT2D eigenvalue weighted by Gasteiger charge is -2.13. The predicted octanol–water partition coefficient (Wildman–Crippen LogP) is 4.04. The summed E-state index contributed by atoms with van der Waals surface area (Å²) in [5.41, 5.74) is 1.76. The number of nitrogens with zero attached hydrogens (tertiary/aromatic N) is 1. The van der Waals surface area contributed by atoms with Gasteiger partial charge in [-0.2, -0.15) is 0 Å². The van der Waals surface area contributed by atoms with E-state index in [0.29, 0.717) is 25.5 Å². The summed E-state index contributed by atoms with van der Waals surface area (Å²) in [5.74, 6) is 1.43. The summed E-state index contributed by atoms with van der Waals surface area (Å²) in [5, 5.41) is 2.97. The van der Waals surface area contributed by atoms with Gasteiger partial charge in [0.25, 0.3) is 5.91 Å². The van der Waals surface area contributed by atoms with E-state index in [-0.39, 0.29) is 5.91 Å². The highest BCUT2D eigenvalue weighted by Crippen LogP contribution is 2.28. The minimum atomic E-state index is -0.0662. The molecule has 0 saturated heterocycles. The van der Waals surface area contributed by atoms with Gasteiger partial charge in [0, 0.05) is 23.8 Å². The molecule has 0 radical (unpaired) electrons. The van der Waals surface area contributed by atoms with Crippen molar-refractivity contribution in [2.24, 2.45) is 0 Å². The summed E-state index contributed by atoms with van der Waals surface area (Å²) in [7, 11) is 0. The van der Waals surface area contributed by atoms with E-state index in [9.17, 15) is 4.79 Å². The first-order valence-electron chi connectivity index (χ1n) is 8.61. The Morgan fingerprint density at radius 1 is 1.12 bits per heavy atom. The van der Waals surface area contributed by atoms with Crippen LogP contribution >= 0.6 is 15.9 Å². The lowest BCUT2D eigenvalue weighted by Crippen LogP contribution is -2.27. The van der Waals surface area contributed by atoms with E-state index in [1.54, 1.807) is 0 Å². The first-order valence-corrected chi connectivity index (χ1v) is 9.40. The highest BCUT2D eigenvalue weighted by Gasteiger charge is 2.12. The summed E-state index contributed by atoms with van der Waals surface area (Å²) in [6.45, 7) is 8.41. The predicted molar refractivity (Wildman–Crippen MR) is 103 cm³/mol.